The van der Waals surface area contributed by atoms with Gasteiger partial charge in [-0.2, -0.15) is 0 Å². The van der Waals surface area contributed by atoms with Gasteiger partial charge in [0.05, 0.1) is 19.5 Å². The van der Waals surface area contributed by atoms with Gasteiger partial charge in [-0.15, -0.1) is 0 Å². The van der Waals surface area contributed by atoms with Crippen molar-refractivity contribution >= 4 is 11.8 Å². The number of nitrogens with zero attached hydrogens (tertiary/aromatic N) is 4. The van der Waals surface area contributed by atoms with Crippen molar-refractivity contribution in [2.24, 2.45) is 0 Å². The highest BCUT2D eigenvalue weighted by Crippen LogP contribution is 2.12. The van der Waals surface area contributed by atoms with Crippen LogP contribution >= 0.6 is 0 Å². The summed E-state index contributed by atoms with van der Waals surface area (Å²) in [6.45, 7) is 7.35. The van der Waals surface area contributed by atoms with Crippen molar-refractivity contribution in [3.8, 4) is 0 Å². The van der Waals surface area contributed by atoms with E-state index in [1.807, 2.05) is 0 Å². The number of rotatable bonds is 4. The van der Waals surface area contributed by atoms with E-state index in [1.54, 1.807) is 6.20 Å². The topological polar surface area (TPSA) is 58.6 Å². The van der Waals surface area contributed by atoms with Gasteiger partial charge >= 0.3 is 5.97 Å². The van der Waals surface area contributed by atoms with Gasteiger partial charge in [-0.1, -0.05) is 6.92 Å². The molecule has 19 heavy (non-hydrogen) atoms. The fourth-order valence-electron chi connectivity index (χ4n) is 2.21. The number of hydrogen-bond acceptors (Lipinski definition) is 6. The Kier molecular flexibility index (Phi) is 4.68. The molecule has 0 saturated carbocycles. The molecule has 1 fully saturated rings. The first kappa shape index (κ1) is 13.7. The van der Waals surface area contributed by atoms with Crippen LogP contribution in [0.5, 0.6) is 0 Å². The second-order valence-corrected chi connectivity index (χ2v) is 4.58. The third-order valence-electron chi connectivity index (χ3n) is 3.27. The lowest BCUT2D eigenvalue weighted by molar-refractivity contribution is 0.0593. The Morgan fingerprint density at radius 3 is 2.53 bits per heavy atom. The number of carbonyl (C=O) groups is 1. The zero-order chi connectivity index (χ0) is 13.7. The number of anilines is 1. The predicted molar refractivity (Wildman–Crippen MR) is 72.3 cm³/mol. The lowest BCUT2D eigenvalue weighted by Gasteiger charge is -2.35. The van der Waals surface area contributed by atoms with E-state index in [4.69, 9.17) is 0 Å². The Balaban J connectivity index is 1.94. The van der Waals surface area contributed by atoms with E-state index in [9.17, 15) is 4.79 Å². The highest BCUT2D eigenvalue weighted by atomic mass is 16.5. The maximum Gasteiger partial charge on any atom is 0.358 e. The largest absolute Gasteiger partial charge is 0.464 e. The van der Waals surface area contributed by atoms with Crippen molar-refractivity contribution in [1.82, 2.24) is 14.9 Å². The summed E-state index contributed by atoms with van der Waals surface area (Å²) in [7, 11) is 1.34. The van der Waals surface area contributed by atoms with Gasteiger partial charge in [-0.3, -0.25) is 4.90 Å². The van der Waals surface area contributed by atoms with E-state index < -0.39 is 5.97 Å². The molecule has 0 bridgehead atoms. The van der Waals surface area contributed by atoms with Gasteiger partial charge in [0.2, 0.25) is 0 Å². The molecule has 0 radical (unpaired) electrons. The minimum absolute atomic E-state index is 0.246. The zero-order valence-corrected chi connectivity index (χ0v) is 11.5. The first-order valence-corrected chi connectivity index (χ1v) is 6.62. The maximum absolute atomic E-state index is 11.3. The van der Waals surface area contributed by atoms with Crippen molar-refractivity contribution in [2.75, 3.05) is 44.7 Å². The van der Waals surface area contributed by atoms with E-state index in [2.05, 4.69) is 31.4 Å². The van der Waals surface area contributed by atoms with E-state index in [0.29, 0.717) is 0 Å². The Morgan fingerprint density at radius 2 is 2.00 bits per heavy atom. The molecule has 6 nitrogen and oxygen atoms in total. The Bertz CT molecular complexity index is 413. The molecule has 1 aliphatic rings. The quantitative estimate of drug-likeness (QED) is 0.750. The molecular weight excluding hydrogens is 244 g/mol. The van der Waals surface area contributed by atoms with Gasteiger partial charge in [0.15, 0.2) is 5.69 Å². The fourth-order valence-corrected chi connectivity index (χ4v) is 2.21. The minimum Gasteiger partial charge on any atom is -0.464 e. The van der Waals surface area contributed by atoms with Crippen LogP contribution in [0.15, 0.2) is 12.4 Å². The number of esters is 1. The summed E-state index contributed by atoms with van der Waals surface area (Å²) in [5.41, 5.74) is 0.246. The molecule has 1 saturated heterocycles. The summed E-state index contributed by atoms with van der Waals surface area (Å²) >= 11 is 0. The smallest absolute Gasteiger partial charge is 0.358 e. The molecule has 1 aliphatic heterocycles. The summed E-state index contributed by atoms with van der Waals surface area (Å²) in [5, 5.41) is 0. The first-order valence-electron chi connectivity index (χ1n) is 6.62. The van der Waals surface area contributed by atoms with Crippen LogP contribution in [-0.2, 0) is 4.74 Å². The predicted octanol–water partition coefficient (Wildman–Crippen LogP) is 0.795. The second kappa shape index (κ2) is 6.47. The molecule has 0 aromatic carbocycles. The second-order valence-electron chi connectivity index (χ2n) is 4.58. The van der Waals surface area contributed by atoms with E-state index in [1.165, 1.54) is 19.7 Å². The molecule has 6 heteroatoms. The molecule has 1 aromatic rings. The molecule has 1 aromatic heterocycles. The first-order chi connectivity index (χ1) is 9.24. The molecular formula is C13H20N4O2. The van der Waals surface area contributed by atoms with E-state index >= 15 is 0 Å². The van der Waals surface area contributed by atoms with Gasteiger partial charge in [-0.05, 0) is 13.0 Å². The van der Waals surface area contributed by atoms with Crippen molar-refractivity contribution in [3.63, 3.8) is 0 Å². The van der Waals surface area contributed by atoms with Gasteiger partial charge in [0.25, 0.3) is 0 Å². The van der Waals surface area contributed by atoms with Crippen molar-refractivity contribution in [3.05, 3.63) is 18.1 Å². The number of hydrogen-bond donors (Lipinski definition) is 0. The Hall–Kier alpha value is -1.69. The molecule has 0 spiro atoms. The molecule has 0 unspecified atom stereocenters. The summed E-state index contributed by atoms with van der Waals surface area (Å²) in [6.07, 6.45) is 4.30. The number of aromatic nitrogens is 2. The van der Waals surface area contributed by atoms with Crippen LogP contribution in [0.25, 0.3) is 0 Å². The lowest BCUT2D eigenvalue weighted by atomic mass is 10.3. The average Bonchev–Trinajstić information content (AvgIpc) is 2.48. The van der Waals surface area contributed by atoms with Crippen LogP contribution in [0.3, 0.4) is 0 Å². The van der Waals surface area contributed by atoms with Gasteiger partial charge in [0, 0.05) is 26.2 Å². The third kappa shape index (κ3) is 3.41. The molecule has 0 atom stereocenters. The number of piperazine rings is 1. The molecule has 0 aliphatic carbocycles. The molecule has 0 N–H and O–H groups in total. The summed E-state index contributed by atoms with van der Waals surface area (Å²) in [5.74, 6) is 0.371. The normalized spacial score (nSPS) is 16.4. The Morgan fingerprint density at radius 1 is 1.26 bits per heavy atom. The average molecular weight is 264 g/mol. The van der Waals surface area contributed by atoms with Crippen molar-refractivity contribution in [2.45, 2.75) is 13.3 Å². The Labute approximate surface area is 113 Å². The molecule has 0 amide bonds. The lowest BCUT2D eigenvalue weighted by Crippen LogP contribution is -2.46. The van der Waals surface area contributed by atoms with Gasteiger partial charge < -0.3 is 9.64 Å². The van der Waals surface area contributed by atoms with E-state index in [0.717, 1.165) is 38.5 Å². The number of ether oxygens (including phenoxy) is 1. The number of carbonyl (C=O) groups excluding carboxylic acids is 1. The van der Waals surface area contributed by atoms with Crippen LogP contribution in [-0.4, -0.2) is 60.7 Å². The summed E-state index contributed by atoms with van der Waals surface area (Å²) in [6, 6.07) is 0. The van der Waals surface area contributed by atoms with Crippen LogP contribution in [0.4, 0.5) is 5.82 Å². The van der Waals surface area contributed by atoms with Crippen LogP contribution in [0.1, 0.15) is 23.8 Å². The van der Waals surface area contributed by atoms with Crippen LogP contribution < -0.4 is 4.90 Å². The van der Waals surface area contributed by atoms with E-state index in [-0.39, 0.29) is 5.69 Å². The highest BCUT2D eigenvalue weighted by Gasteiger charge is 2.18. The third-order valence-corrected chi connectivity index (χ3v) is 3.27. The summed E-state index contributed by atoms with van der Waals surface area (Å²) < 4.78 is 4.60. The van der Waals surface area contributed by atoms with Gasteiger partial charge in [0.1, 0.15) is 5.82 Å². The van der Waals surface area contributed by atoms with Crippen LogP contribution in [0.2, 0.25) is 0 Å². The highest BCUT2D eigenvalue weighted by molar-refractivity contribution is 5.86. The van der Waals surface area contributed by atoms with Crippen LogP contribution in [0, 0.1) is 0 Å². The molecule has 104 valence electrons. The maximum atomic E-state index is 11.3. The summed E-state index contributed by atoms with van der Waals surface area (Å²) in [4.78, 5) is 24.3. The molecule has 2 heterocycles. The SMILES string of the molecule is CCCN1CCN(c2cnc(C(=O)OC)cn2)CC1. The monoisotopic (exact) mass is 264 g/mol. The zero-order valence-electron chi connectivity index (χ0n) is 11.5. The van der Waals surface area contributed by atoms with Crippen molar-refractivity contribution < 1.29 is 9.53 Å². The fraction of sp³-hybridized carbons (Fsp3) is 0.615. The number of methoxy groups -OCH3 is 1. The minimum atomic E-state index is -0.452. The van der Waals surface area contributed by atoms with Gasteiger partial charge in [-0.25, -0.2) is 14.8 Å². The molecule has 2 rings (SSSR count). The standard InChI is InChI=1S/C13H20N4O2/c1-3-4-16-5-7-17(8-6-16)12-10-14-11(9-15-12)13(18)19-2/h9-10H,3-8H2,1-2H3. The van der Waals surface area contributed by atoms with Crippen molar-refractivity contribution in [1.29, 1.82) is 0 Å².